The molecule has 0 spiro atoms. The van der Waals surface area contributed by atoms with Gasteiger partial charge in [-0.15, -0.1) is 0 Å². The molecular weight excluding hydrogens is 276 g/mol. The fourth-order valence-corrected chi connectivity index (χ4v) is 4.19. The number of halogens is 1. The summed E-state index contributed by atoms with van der Waals surface area (Å²) in [4.78, 5) is 2.46. The van der Waals surface area contributed by atoms with Gasteiger partial charge in [0.2, 0.25) is 0 Å². The SMILES string of the molecule is C[C@H](c1ccccc1Cl)N1CCC2SC(=N)C=C2C1. The Bertz CT molecular complexity index is 541. The maximum absolute atomic E-state index is 7.76. The van der Waals surface area contributed by atoms with Gasteiger partial charge in [0, 0.05) is 29.4 Å². The number of thioether (sulfide) groups is 1. The Labute approximate surface area is 123 Å². The van der Waals surface area contributed by atoms with Crippen LogP contribution in [0.25, 0.3) is 0 Å². The summed E-state index contributed by atoms with van der Waals surface area (Å²) in [6.07, 6.45) is 3.18. The molecule has 1 unspecified atom stereocenters. The first-order valence-electron chi connectivity index (χ1n) is 6.59. The molecule has 1 aromatic carbocycles. The van der Waals surface area contributed by atoms with Gasteiger partial charge in [0.25, 0.3) is 0 Å². The Morgan fingerprint density at radius 3 is 3.00 bits per heavy atom. The number of likely N-dealkylation sites (tertiary alicyclic amines) is 1. The molecule has 3 rings (SSSR count). The first-order valence-corrected chi connectivity index (χ1v) is 7.85. The highest BCUT2D eigenvalue weighted by Crippen LogP contribution is 2.38. The zero-order chi connectivity index (χ0) is 13.4. The molecule has 19 heavy (non-hydrogen) atoms. The molecule has 100 valence electrons. The van der Waals surface area contributed by atoms with E-state index < -0.39 is 0 Å². The number of benzene rings is 1. The zero-order valence-electron chi connectivity index (χ0n) is 10.9. The lowest BCUT2D eigenvalue weighted by atomic mass is 9.99. The Morgan fingerprint density at radius 1 is 1.42 bits per heavy atom. The Morgan fingerprint density at radius 2 is 2.21 bits per heavy atom. The van der Waals surface area contributed by atoms with Crippen LogP contribution >= 0.6 is 23.4 Å². The van der Waals surface area contributed by atoms with E-state index in [0.29, 0.717) is 16.3 Å². The van der Waals surface area contributed by atoms with E-state index in [2.05, 4.69) is 17.9 Å². The molecule has 1 saturated heterocycles. The van der Waals surface area contributed by atoms with E-state index in [1.807, 2.05) is 24.3 Å². The van der Waals surface area contributed by atoms with E-state index in [4.69, 9.17) is 17.0 Å². The number of hydrogen-bond acceptors (Lipinski definition) is 3. The Balaban J connectivity index is 1.78. The molecule has 2 heterocycles. The van der Waals surface area contributed by atoms with Gasteiger partial charge in [-0.3, -0.25) is 10.3 Å². The lowest BCUT2D eigenvalue weighted by Crippen LogP contribution is -2.37. The van der Waals surface area contributed by atoms with E-state index in [1.54, 1.807) is 11.8 Å². The quantitative estimate of drug-likeness (QED) is 0.887. The fraction of sp³-hybridized carbons (Fsp3) is 0.400. The van der Waals surface area contributed by atoms with Crippen molar-refractivity contribution >= 4 is 28.4 Å². The molecule has 2 aliphatic heterocycles. The second kappa shape index (κ2) is 5.31. The van der Waals surface area contributed by atoms with Crippen LogP contribution in [0.4, 0.5) is 0 Å². The number of hydrogen-bond donors (Lipinski definition) is 1. The summed E-state index contributed by atoms with van der Waals surface area (Å²) in [7, 11) is 0. The third kappa shape index (κ3) is 2.60. The van der Waals surface area contributed by atoms with Crippen molar-refractivity contribution in [3.05, 3.63) is 46.5 Å². The molecule has 2 aliphatic rings. The monoisotopic (exact) mass is 292 g/mol. The van der Waals surface area contributed by atoms with Crippen LogP contribution in [-0.4, -0.2) is 28.3 Å². The molecule has 1 N–H and O–H groups in total. The van der Waals surface area contributed by atoms with Gasteiger partial charge in [0.1, 0.15) is 0 Å². The molecule has 1 aromatic rings. The number of nitrogens with one attached hydrogen (secondary N) is 1. The maximum atomic E-state index is 7.76. The molecule has 1 fully saturated rings. The maximum Gasteiger partial charge on any atom is 0.0876 e. The van der Waals surface area contributed by atoms with Crippen molar-refractivity contribution in [3.8, 4) is 0 Å². The molecule has 0 aromatic heterocycles. The van der Waals surface area contributed by atoms with E-state index in [9.17, 15) is 0 Å². The molecule has 2 atom stereocenters. The van der Waals surface area contributed by atoms with Crippen molar-refractivity contribution < 1.29 is 0 Å². The third-order valence-corrected chi connectivity index (χ3v) is 5.51. The summed E-state index contributed by atoms with van der Waals surface area (Å²) in [6.45, 7) is 4.26. The molecule has 2 nitrogen and oxygen atoms in total. The van der Waals surface area contributed by atoms with E-state index in [1.165, 1.54) is 11.1 Å². The largest absolute Gasteiger partial charge is 0.294 e. The van der Waals surface area contributed by atoms with Crippen molar-refractivity contribution in [2.45, 2.75) is 24.6 Å². The van der Waals surface area contributed by atoms with Gasteiger partial charge < -0.3 is 0 Å². The standard InChI is InChI=1S/C15H17ClN2S/c1-10(12-4-2-3-5-13(12)16)18-7-6-14-11(9-18)8-15(17)19-14/h2-5,8,10,14,17H,6-7,9H2,1H3/t10-,14?/m1/s1. The van der Waals surface area contributed by atoms with Gasteiger partial charge >= 0.3 is 0 Å². The van der Waals surface area contributed by atoms with E-state index in [0.717, 1.165) is 24.5 Å². The average Bonchev–Trinajstić information content (AvgIpc) is 2.77. The van der Waals surface area contributed by atoms with Gasteiger partial charge in [0.05, 0.1) is 5.04 Å². The summed E-state index contributed by atoms with van der Waals surface area (Å²) < 4.78 is 0. The predicted molar refractivity (Wildman–Crippen MR) is 83.2 cm³/mol. The van der Waals surface area contributed by atoms with Crippen molar-refractivity contribution in [2.24, 2.45) is 0 Å². The number of fused-ring (bicyclic) bond motifs is 1. The Hall–Kier alpha value is -0.770. The first kappa shape index (κ1) is 13.2. The summed E-state index contributed by atoms with van der Waals surface area (Å²) >= 11 is 7.99. The zero-order valence-corrected chi connectivity index (χ0v) is 12.5. The van der Waals surface area contributed by atoms with Crippen molar-refractivity contribution in [3.63, 3.8) is 0 Å². The van der Waals surface area contributed by atoms with Crippen LogP contribution < -0.4 is 0 Å². The Kier molecular flexibility index (Phi) is 3.70. The van der Waals surface area contributed by atoms with Gasteiger partial charge in [0.15, 0.2) is 0 Å². The minimum atomic E-state index is 0.329. The van der Waals surface area contributed by atoms with E-state index >= 15 is 0 Å². The molecular formula is C15H17ClN2S. The molecule has 0 amide bonds. The van der Waals surface area contributed by atoms with Gasteiger partial charge in [-0.2, -0.15) is 0 Å². The minimum Gasteiger partial charge on any atom is -0.294 e. The highest BCUT2D eigenvalue weighted by molar-refractivity contribution is 8.15. The smallest absolute Gasteiger partial charge is 0.0876 e. The normalized spacial score (nSPS) is 25.1. The summed E-state index contributed by atoms with van der Waals surface area (Å²) in [6, 6.07) is 8.42. The third-order valence-electron chi connectivity index (χ3n) is 3.97. The second-order valence-electron chi connectivity index (χ2n) is 5.15. The van der Waals surface area contributed by atoms with Crippen LogP contribution in [0.2, 0.25) is 5.02 Å². The summed E-state index contributed by atoms with van der Waals surface area (Å²) in [5.74, 6) is 0. The van der Waals surface area contributed by atoms with Crippen LogP contribution in [0.3, 0.4) is 0 Å². The van der Waals surface area contributed by atoms with Crippen molar-refractivity contribution in [2.75, 3.05) is 13.1 Å². The lowest BCUT2D eigenvalue weighted by molar-refractivity contribution is 0.208. The van der Waals surface area contributed by atoms with Gasteiger partial charge in [-0.1, -0.05) is 41.6 Å². The molecule has 0 bridgehead atoms. The second-order valence-corrected chi connectivity index (χ2v) is 6.80. The molecule has 0 saturated carbocycles. The van der Waals surface area contributed by atoms with Gasteiger partial charge in [-0.05, 0) is 36.6 Å². The number of rotatable bonds is 2. The summed E-state index contributed by atoms with van der Waals surface area (Å²) in [5, 5.41) is 9.87. The van der Waals surface area contributed by atoms with Crippen LogP contribution in [0, 0.1) is 5.41 Å². The predicted octanol–water partition coefficient (Wildman–Crippen LogP) is 4.13. The van der Waals surface area contributed by atoms with Crippen LogP contribution in [0.15, 0.2) is 35.9 Å². The molecule has 0 aliphatic carbocycles. The minimum absolute atomic E-state index is 0.329. The average molecular weight is 293 g/mol. The number of nitrogens with zero attached hydrogens (tertiary/aromatic N) is 1. The van der Waals surface area contributed by atoms with Crippen molar-refractivity contribution in [1.82, 2.24) is 4.90 Å². The van der Waals surface area contributed by atoms with Crippen LogP contribution in [0.1, 0.15) is 24.9 Å². The van der Waals surface area contributed by atoms with Gasteiger partial charge in [-0.25, -0.2) is 0 Å². The van der Waals surface area contributed by atoms with E-state index in [-0.39, 0.29) is 0 Å². The van der Waals surface area contributed by atoms with Crippen molar-refractivity contribution in [1.29, 1.82) is 5.41 Å². The molecule has 4 heteroatoms. The topological polar surface area (TPSA) is 27.1 Å². The first-order chi connectivity index (χ1) is 9.15. The van der Waals surface area contributed by atoms with Crippen LogP contribution in [-0.2, 0) is 0 Å². The van der Waals surface area contributed by atoms with Crippen LogP contribution in [0.5, 0.6) is 0 Å². The fourth-order valence-electron chi connectivity index (χ4n) is 2.85. The lowest BCUT2D eigenvalue weighted by Gasteiger charge is -2.36. The highest BCUT2D eigenvalue weighted by Gasteiger charge is 2.31. The highest BCUT2D eigenvalue weighted by atomic mass is 35.5. The number of piperidine rings is 1. The molecule has 0 radical (unpaired) electrons. The summed E-state index contributed by atoms with van der Waals surface area (Å²) in [5.41, 5.74) is 2.60.